The number of ether oxygens (including phenoxy) is 1. The van der Waals surface area contributed by atoms with Crippen LogP contribution in [0.1, 0.15) is 5.56 Å². The van der Waals surface area contributed by atoms with Crippen LogP contribution in [0.2, 0.25) is 0 Å². The van der Waals surface area contributed by atoms with Gasteiger partial charge in [0.25, 0.3) is 0 Å². The van der Waals surface area contributed by atoms with Crippen LogP contribution in [0.25, 0.3) is 10.8 Å². The van der Waals surface area contributed by atoms with E-state index in [-0.39, 0.29) is 17.2 Å². The molecule has 0 bridgehead atoms. The first-order valence-corrected chi connectivity index (χ1v) is 9.44. The maximum atomic E-state index is 12.4. The van der Waals surface area contributed by atoms with E-state index < -0.39 is 16.6 Å². The van der Waals surface area contributed by atoms with Gasteiger partial charge in [-0.2, -0.15) is 8.78 Å². The monoisotopic (exact) mass is 377 g/mol. The fourth-order valence-corrected chi connectivity index (χ4v) is 3.65. The second kappa shape index (κ2) is 7.80. The zero-order chi connectivity index (χ0) is 18.6. The zero-order valence-electron chi connectivity index (χ0n) is 13.7. The number of alkyl halides is 2. The number of nitrogens with one attached hydrogen (secondary N) is 1. The van der Waals surface area contributed by atoms with Crippen molar-refractivity contribution < 1.29 is 21.9 Å². The fraction of sp³-hybridized carbons (Fsp3) is 0.158. The van der Waals surface area contributed by atoms with E-state index in [4.69, 9.17) is 0 Å². The van der Waals surface area contributed by atoms with E-state index in [1.54, 1.807) is 30.3 Å². The van der Waals surface area contributed by atoms with Crippen molar-refractivity contribution in [2.24, 2.45) is 0 Å². The molecule has 0 unspecified atom stereocenters. The Morgan fingerprint density at radius 1 is 0.923 bits per heavy atom. The molecule has 3 aromatic rings. The molecule has 0 aliphatic heterocycles. The molecule has 0 aliphatic carbocycles. The maximum absolute atomic E-state index is 12.4. The average molecular weight is 377 g/mol. The second-order valence-electron chi connectivity index (χ2n) is 5.68. The summed E-state index contributed by atoms with van der Waals surface area (Å²) in [6, 6.07) is 18.6. The highest BCUT2D eigenvalue weighted by molar-refractivity contribution is 7.89. The summed E-state index contributed by atoms with van der Waals surface area (Å²) in [5, 5.41) is 1.82. The van der Waals surface area contributed by atoms with E-state index in [1.807, 2.05) is 24.3 Å². The highest BCUT2D eigenvalue weighted by Gasteiger charge is 2.14. The predicted octanol–water partition coefficient (Wildman–Crippen LogP) is 3.96. The van der Waals surface area contributed by atoms with Gasteiger partial charge < -0.3 is 4.74 Å². The van der Waals surface area contributed by atoms with E-state index in [2.05, 4.69) is 9.46 Å². The SMILES string of the molecule is O=S(=O)(NCCc1ccc(OC(F)F)cc1)c1ccc2ccccc2c1. The number of sulfonamides is 1. The van der Waals surface area contributed by atoms with E-state index in [1.165, 1.54) is 12.1 Å². The normalized spacial score (nSPS) is 11.8. The van der Waals surface area contributed by atoms with Crippen molar-refractivity contribution in [1.82, 2.24) is 4.72 Å². The maximum Gasteiger partial charge on any atom is 0.387 e. The number of halogens is 2. The number of hydrogen-bond donors (Lipinski definition) is 1. The first-order valence-electron chi connectivity index (χ1n) is 7.96. The van der Waals surface area contributed by atoms with Crippen LogP contribution >= 0.6 is 0 Å². The summed E-state index contributed by atoms with van der Waals surface area (Å²) < 4.78 is 55.9. The second-order valence-corrected chi connectivity index (χ2v) is 7.45. The van der Waals surface area contributed by atoms with Gasteiger partial charge in [-0.05, 0) is 47.0 Å². The van der Waals surface area contributed by atoms with Gasteiger partial charge in [0.1, 0.15) is 5.75 Å². The molecule has 0 atom stereocenters. The summed E-state index contributed by atoms with van der Waals surface area (Å²) in [6.45, 7) is -2.67. The van der Waals surface area contributed by atoms with Gasteiger partial charge in [0, 0.05) is 6.54 Å². The molecular weight excluding hydrogens is 360 g/mol. The number of fused-ring (bicyclic) bond motifs is 1. The largest absolute Gasteiger partial charge is 0.435 e. The van der Waals surface area contributed by atoms with Crippen molar-refractivity contribution in [3.63, 3.8) is 0 Å². The van der Waals surface area contributed by atoms with E-state index in [0.717, 1.165) is 16.3 Å². The van der Waals surface area contributed by atoms with Crippen LogP contribution in [-0.2, 0) is 16.4 Å². The van der Waals surface area contributed by atoms with Crippen LogP contribution < -0.4 is 9.46 Å². The van der Waals surface area contributed by atoms with Gasteiger partial charge in [0.05, 0.1) is 4.90 Å². The Hall–Kier alpha value is -2.51. The minimum Gasteiger partial charge on any atom is -0.435 e. The highest BCUT2D eigenvalue weighted by Crippen LogP contribution is 2.19. The Bertz CT molecular complexity index is 989. The van der Waals surface area contributed by atoms with E-state index >= 15 is 0 Å². The van der Waals surface area contributed by atoms with Crippen molar-refractivity contribution in [1.29, 1.82) is 0 Å². The molecule has 0 amide bonds. The number of benzene rings is 3. The number of rotatable bonds is 7. The summed E-state index contributed by atoms with van der Waals surface area (Å²) in [4.78, 5) is 0.205. The molecule has 0 spiro atoms. The lowest BCUT2D eigenvalue weighted by Crippen LogP contribution is -2.26. The Kier molecular flexibility index (Phi) is 5.49. The van der Waals surface area contributed by atoms with E-state index in [0.29, 0.717) is 6.42 Å². The van der Waals surface area contributed by atoms with Gasteiger partial charge in [-0.3, -0.25) is 0 Å². The molecule has 0 radical (unpaired) electrons. The molecule has 1 N–H and O–H groups in total. The van der Waals surface area contributed by atoms with Gasteiger partial charge in [-0.1, -0.05) is 42.5 Å². The van der Waals surface area contributed by atoms with Crippen LogP contribution in [-0.4, -0.2) is 21.6 Å². The quantitative estimate of drug-likeness (QED) is 0.678. The summed E-state index contributed by atoms with van der Waals surface area (Å²) in [5.74, 6) is 0.0699. The molecule has 0 aliphatic rings. The van der Waals surface area contributed by atoms with E-state index in [9.17, 15) is 17.2 Å². The van der Waals surface area contributed by atoms with Gasteiger partial charge in [0.15, 0.2) is 0 Å². The lowest BCUT2D eigenvalue weighted by Gasteiger charge is -2.09. The standard InChI is InChI=1S/C19H17F2NO3S/c20-19(21)25-17-8-5-14(6-9-17)11-12-22-26(23,24)18-10-7-15-3-1-2-4-16(15)13-18/h1-10,13,19,22H,11-12H2. The molecule has 3 rings (SSSR count). The third-order valence-corrected chi connectivity index (χ3v) is 5.34. The molecule has 0 saturated heterocycles. The first-order chi connectivity index (χ1) is 12.4. The Morgan fingerprint density at radius 3 is 2.31 bits per heavy atom. The van der Waals surface area contributed by atoms with Crippen LogP contribution in [0, 0.1) is 0 Å². The molecule has 0 aromatic heterocycles. The highest BCUT2D eigenvalue weighted by atomic mass is 32.2. The summed E-state index contributed by atoms with van der Waals surface area (Å²) >= 11 is 0. The summed E-state index contributed by atoms with van der Waals surface area (Å²) in [6.07, 6.45) is 0.432. The smallest absolute Gasteiger partial charge is 0.387 e. The Morgan fingerprint density at radius 2 is 1.62 bits per heavy atom. The van der Waals surface area contributed by atoms with Crippen LogP contribution in [0.5, 0.6) is 5.75 Å². The van der Waals surface area contributed by atoms with Crippen LogP contribution in [0.3, 0.4) is 0 Å². The molecular formula is C19H17F2NO3S. The molecule has 4 nitrogen and oxygen atoms in total. The van der Waals surface area contributed by atoms with Crippen LogP contribution in [0.15, 0.2) is 71.6 Å². The molecule has 0 heterocycles. The van der Waals surface area contributed by atoms with Gasteiger partial charge in [-0.15, -0.1) is 0 Å². The van der Waals surface area contributed by atoms with Crippen LogP contribution in [0.4, 0.5) is 8.78 Å². The molecule has 3 aromatic carbocycles. The minimum absolute atomic E-state index is 0.0699. The zero-order valence-corrected chi connectivity index (χ0v) is 14.5. The third-order valence-electron chi connectivity index (χ3n) is 3.89. The topological polar surface area (TPSA) is 55.4 Å². The Balaban J connectivity index is 1.62. The number of hydrogen-bond acceptors (Lipinski definition) is 3. The van der Waals surface area contributed by atoms with Crippen molar-refractivity contribution in [2.75, 3.05) is 6.54 Å². The minimum atomic E-state index is -3.62. The Labute approximate surface area is 150 Å². The lowest BCUT2D eigenvalue weighted by molar-refractivity contribution is -0.0498. The van der Waals surface area contributed by atoms with Crippen molar-refractivity contribution >= 4 is 20.8 Å². The van der Waals surface area contributed by atoms with Crippen molar-refractivity contribution in [3.05, 3.63) is 72.3 Å². The van der Waals surface area contributed by atoms with Gasteiger partial charge in [0.2, 0.25) is 10.0 Å². The van der Waals surface area contributed by atoms with Crippen molar-refractivity contribution in [3.8, 4) is 5.75 Å². The predicted molar refractivity (Wildman–Crippen MR) is 95.9 cm³/mol. The fourth-order valence-electron chi connectivity index (χ4n) is 2.59. The summed E-state index contributed by atoms with van der Waals surface area (Å²) in [7, 11) is -3.62. The molecule has 26 heavy (non-hydrogen) atoms. The van der Waals surface area contributed by atoms with Crippen molar-refractivity contribution in [2.45, 2.75) is 17.9 Å². The third kappa shape index (κ3) is 4.56. The first kappa shape index (κ1) is 18.3. The molecule has 7 heteroatoms. The summed E-state index contributed by atoms with van der Waals surface area (Å²) in [5.41, 5.74) is 0.813. The average Bonchev–Trinajstić information content (AvgIpc) is 2.62. The molecule has 0 fully saturated rings. The lowest BCUT2D eigenvalue weighted by atomic mass is 10.1. The van der Waals surface area contributed by atoms with Gasteiger partial charge >= 0.3 is 6.61 Å². The van der Waals surface area contributed by atoms with Gasteiger partial charge in [-0.25, -0.2) is 13.1 Å². The molecule has 136 valence electrons. The molecule has 0 saturated carbocycles.